The van der Waals surface area contributed by atoms with Crippen LogP contribution in [0, 0.1) is 5.82 Å². The van der Waals surface area contributed by atoms with Gasteiger partial charge < -0.3 is 9.47 Å². The summed E-state index contributed by atoms with van der Waals surface area (Å²) < 4.78 is 61.5. The lowest BCUT2D eigenvalue weighted by atomic mass is 10.1. The number of alkyl halides is 3. The molecule has 2 aromatic rings. The monoisotopic (exact) mass is 370 g/mol. The first-order chi connectivity index (χ1) is 12.2. The summed E-state index contributed by atoms with van der Waals surface area (Å²) in [6, 6.07) is 7.46. The zero-order chi connectivity index (χ0) is 19.3. The molecule has 2 aromatic carbocycles. The molecule has 2 rings (SSSR count). The molecule has 138 valence electrons. The van der Waals surface area contributed by atoms with Gasteiger partial charge in [0.25, 0.3) is 0 Å². The first-order valence-electron chi connectivity index (χ1n) is 7.59. The Balaban J connectivity index is 2.15. The molecule has 0 aliphatic heterocycles. The van der Waals surface area contributed by atoms with E-state index < -0.39 is 35.2 Å². The molecule has 0 heterocycles. The summed E-state index contributed by atoms with van der Waals surface area (Å²) in [5.74, 6) is -4.14. The minimum Gasteiger partial charge on any atom is -0.462 e. The Morgan fingerprint density at radius 2 is 1.54 bits per heavy atom. The molecular weight excluding hydrogens is 356 g/mol. The molecule has 0 spiro atoms. The van der Waals surface area contributed by atoms with Crippen molar-refractivity contribution >= 4 is 11.9 Å². The van der Waals surface area contributed by atoms with Gasteiger partial charge in [-0.3, -0.25) is 0 Å². The van der Waals surface area contributed by atoms with Crippen LogP contribution in [-0.2, 0) is 10.9 Å². The van der Waals surface area contributed by atoms with Crippen LogP contribution in [0.2, 0.25) is 0 Å². The van der Waals surface area contributed by atoms with Crippen LogP contribution in [0.1, 0.15) is 39.6 Å². The van der Waals surface area contributed by atoms with Crippen LogP contribution in [0.5, 0.6) is 5.75 Å². The summed E-state index contributed by atoms with van der Waals surface area (Å²) in [4.78, 5) is 23.7. The van der Waals surface area contributed by atoms with E-state index in [9.17, 15) is 27.2 Å². The van der Waals surface area contributed by atoms with E-state index in [0.717, 1.165) is 12.1 Å². The lowest BCUT2D eigenvalue weighted by Gasteiger charge is -2.11. The van der Waals surface area contributed by atoms with Crippen LogP contribution in [0.25, 0.3) is 0 Å². The van der Waals surface area contributed by atoms with E-state index in [1.807, 2.05) is 6.92 Å². The Bertz CT molecular complexity index is 798. The molecule has 0 amide bonds. The van der Waals surface area contributed by atoms with Crippen LogP contribution in [0.15, 0.2) is 42.5 Å². The van der Waals surface area contributed by atoms with Gasteiger partial charge in [0.2, 0.25) is 0 Å². The lowest BCUT2D eigenvalue weighted by Crippen LogP contribution is -2.13. The second-order valence-corrected chi connectivity index (χ2v) is 5.22. The molecule has 0 unspecified atom stereocenters. The maximum Gasteiger partial charge on any atom is 0.419 e. The lowest BCUT2D eigenvalue weighted by molar-refractivity contribution is -0.140. The predicted molar refractivity (Wildman–Crippen MR) is 83.4 cm³/mol. The normalized spacial score (nSPS) is 11.1. The van der Waals surface area contributed by atoms with Gasteiger partial charge in [-0.05, 0) is 42.8 Å². The van der Waals surface area contributed by atoms with Crippen LogP contribution in [-0.4, -0.2) is 18.5 Å². The largest absolute Gasteiger partial charge is 0.462 e. The zero-order valence-electron chi connectivity index (χ0n) is 13.6. The van der Waals surface area contributed by atoms with E-state index in [2.05, 4.69) is 0 Å². The molecular formula is C18H14F4O4. The van der Waals surface area contributed by atoms with Crippen LogP contribution >= 0.6 is 0 Å². The summed E-state index contributed by atoms with van der Waals surface area (Å²) in [5.41, 5.74) is -1.40. The van der Waals surface area contributed by atoms with E-state index in [-0.39, 0.29) is 17.7 Å². The van der Waals surface area contributed by atoms with Crippen molar-refractivity contribution in [1.29, 1.82) is 0 Å². The zero-order valence-corrected chi connectivity index (χ0v) is 13.6. The molecule has 0 atom stereocenters. The fraction of sp³-hybridized carbons (Fsp3) is 0.222. The number of hydrogen-bond acceptors (Lipinski definition) is 4. The van der Waals surface area contributed by atoms with Crippen molar-refractivity contribution in [1.82, 2.24) is 0 Å². The summed E-state index contributed by atoms with van der Waals surface area (Å²) in [6.07, 6.45) is -4.26. The number of hydrogen-bond donors (Lipinski definition) is 0. The molecule has 0 aliphatic rings. The van der Waals surface area contributed by atoms with Gasteiger partial charge in [0.1, 0.15) is 0 Å². The smallest absolute Gasteiger partial charge is 0.419 e. The van der Waals surface area contributed by atoms with E-state index in [4.69, 9.17) is 9.47 Å². The van der Waals surface area contributed by atoms with E-state index in [0.29, 0.717) is 12.5 Å². The molecule has 0 fully saturated rings. The highest BCUT2D eigenvalue weighted by Crippen LogP contribution is 2.34. The maximum absolute atomic E-state index is 13.9. The Morgan fingerprint density at radius 1 is 0.962 bits per heavy atom. The SMILES string of the molecule is CCCOC(=O)c1ccc(C(=O)Oc2cccc(C(F)(F)F)c2F)cc1. The molecule has 0 aromatic heterocycles. The van der Waals surface area contributed by atoms with Crippen LogP contribution in [0.3, 0.4) is 0 Å². The third kappa shape index (κ3) is 4.59. The Kier molecular flexibility index (Phi) is 5.97. The van der Waals surface area contributed by atoms with Crippen LogP contribution < -0.4 is 4.74 Å². The number of halogens is 4. The first kappa shape index (κ1) is 19.4. The van der Waals surface area contributed by atoms with E-state index >= 15 is 0 Å². The van der Waals surface area contributed by atoms with Crippen molar-refractivity contribution < 1.29 is 36.6 Å². The minimum atomic E-state index is -4.91. The third-order valence-corrected chi connectivity index (χ3v) is 3.26. The molecule has 0 aliphatic carbocycles. The van der Waals surface area contributed by atoms with Crippen LogP contribution in [0.4, 0.5) is 17.6 Å². The molecule has 0 radical (unpaired) electrons. The second-order valence-electron chi connectivity index (χ2n) is 5.22. The fourth-order valence-corrected chi connectivity index (χ4v) is 1.99. The van der Waals surface area contributed by atoms with Gasteiger partial charge in [0.15, 0.2) is 11.6 Å². The molecule has 4 nitrogen and oxygen atoms in total. The van der Waals surface area contributed by atoms with Gasteiger partial charge in [-0.25, -0.2) is 14.0 Å². The summed E-state index contributed by atoms with van der Waals surface area (Å²) in [7, 11) is 0. The van der Waals surface area contributed by atoms with Crippen molar-refractivity contribution in [3.63, 3.8) is 0 Å². The number of carbonyl (C=O) groups is 2. The fourth-order valence-electron chi connectivity index (χ4n) is 1.99. The first-order valence-corrected chi connectivity index (χ1v) is 7.59. The van der Waals surface area contributed by atoms with Gasteiger partial charge in [-0.15, -0.1) is 0 Å². The standard InChI is InChI=1S/C18H14F4O4/c1-2-10-25-16(23)11-6-8-12(9-7-11)17(24)26-14-5-3-4-13(15(14)19)18(20,21)22/h3-9H,2,10H2,1H3. The molecule has 0 saturated heterocycles. The second kappa shape index (κ2) is 7.99. The molecule has 0 N–H and O–H groups in total. The van der Waals surface area contributed by atoms with Gasteiger partial charge in [0.05, 0.1) is 23.3 Å². The summed E-state index contributed by atoms with van der Waals surface area (Å²) >= 11 is 0. The van der Waals surface area contributed by atoms with Gasteiger partial charge in [0, 0.05) is 0 Å². The highest BCUT2D eigenvalue weighted by atomic mass is 19.4. The summed E-state index contributed by atoms with van der Waals surface area (Å²) in [6.45, 7) is 2.08. The number of esters is 2. The third-order valence-electron chi connectivity index (χ3n) is 3.26. The van der Waals surface area contributed by atoms with Crippen molar-refractivity contribution in [2.75, 3.05) is 6.61 Å². The molecule has 26 heavy (non-hydrogen) atoms. The predicted octanol–water partition coefficient (Wildman–Crippen LogP) is 4.63. The summed E-state index contributed by atoms with van der Waals surface area (Å²) in [5, 5.41) is 0. The Morgan fingerprint density at radius 3 is 2.08 bits per heavy atom. The Labute approximate surface area is 146 Å². The Hall–Kier alpha value is -2.90. The van der Waals surface area contributed by atoms with Crippen molar-refractivity contribution in [2.45, 2.75) is 19.5 Å². The van der Waals surface area contributed by atoms with E-state index in [1.54, 1.807) is 0 Å². The minimum absolute atomic E-state index is 0.0612. The van der Waals surface area contributed by atoms with Crippen molar-refractivity contribution in [3.8, 4) is 5.75 Å². The van der Waals surface area contributed by atoms with Crippen molar-refractivity contribution in [2.24, 2.45) is 0 Å². The van der Waals surface area contributed by atoms with E-state index in [1.165, 1.54) is 24.3 Å². The van der Waals surface area contributed by atoms with Gasteiger partial charge >= 0.3 is 18.1 Å². The highest BCUT2D eigenvalue weighted by molar-refractivity contribution is 5.94. The quantitative estimate of drug-likeness (QED) is 0.437. The highest BCUT2D eigenvalue weighted by Gasteiger charge is 2.35. The van der Waals surface area contributed by atoms with Gasteiger partial charge in [-0.2, -0.15) is 13.2 Å². The maximum atomic E-state index is 13.9. The number of ether oxygens (including phenoxy) is 2. The number of benzene rings is 2. The van der Waals surface area contributed by atoms with Crippen molar-refractivity contribution in [3.05, 3.63) is 65.0 Å². The number of carbonyl (C=O) groups excluding carboxylic acids is 2. The number of rotatable bonds is 5. The van der Waals surface area contributed by atoms with Gasteiger partial charge in [-0.1, -0.05) is 13.0 Å². The average molecular weight is 370 g/mol. The average Bonchev–Trinajstić information content (AvgIpc) is 2.60. The molecule has 0 saturated carbocycles. The molecule has 0 bridgehead atoms. The molecule has 8 heteroatoms. The topological polar surface area (TPSA) is 52.6 Å².